The van der Waals surface area contributed by atoms with E-state index in [0.717, 1.165) is 5.56 Å². The number of carbonyl (C=O) groups excluding carboxylic acids is 1. The monoisotopic (exact) mass is 343 g/mol. The summed E-state index contributed by atoms with van der Waals surface area (Å²) in [5.74, 6) is -0.151. The molecule has 0 aliphatic heterocycles. The molecule has 4 nitrogen and oxygen atoms in total. The van der Waals surface area contributed by atoms with Crippen LogP contribution in [0.3, 0.4) is 0 Å². The largest absolute Gasteiger partial charge is 0.289 e. The molecule has 0 saturated carbocycles. The molecule has 6 heteroatoms. The first kappa shape index (κ1) is 15.5. The molecule has 0 aliphatic rings. The second-order valence-corrected chi connectivity index (χ2v) is 5.62. The standard InChI is InChI=1S/C17H11Cl2N3O/c18-14-5-1-12(2-6-14)16(22-11-20-10-21-22)9-17(23)13-3-7-15(19)8-4-13/h1-11H/b16-9-. The highest BCUT2D eigenvalue weighted by atomic mass is 35.5. The van der Waals surface area contributed by atoms with Crippen LogP contribution >= 0.6 is 23.2 Å². The van der Waals surface area contributed by atoms with Gasteiger partial charge in [0.25, 0.3) is 0 Å². The zero-order chi connectivity index (χ0) is 16.2. The molecule has 1 heterocycles. The molecule has 0 N–H and O–H groups in total. The van der Waals surface area contributed by atoms with E-state index in [-0.39, 0.29) is 5.78 Å². The Morgan fingerprint density at radius 3 is 2.00 bits per heavy atom. The summed E-state index contributed by atoms with van der Waals surface area (Å²) in [7, 11) is 0. The lowest BCUT2D eigenvalue weighted by Crippen LogP contribution is -2.04. The summed E-state index contributed by atoms with van der Waals surface area (Å²) in [5.41, 5.74) is 1.96. The van der Waals surface area contributed by atoms with E-state index in [1.165, 1.54) is 23.4 Å². The van der Waals surface area contributed by atoms with Crippen molar-refractivity contribution in [1.29, 1.82) is 0 Å². The van der Waals surface area contributed by atoms with Crippen LogP contribution in [0.2, 0.25) is 10.0 Å². The number of aromatic nitrogens is 3. The third-order valence-corrected chi connectivity index (χ3v) is 3.71. The molecule has 1 aromatic heterocycles. The predicted molar refractivity (Wildman–Crippen MR) is 90.6 cm³/mol. The number of hydrogen-bond acceptors (Lipinski definition) is 3. The number of carbonyl (C=O) groups is 1. The minimum atomic E-state index is -0.151. The molecular formula is C17H11Cl2N3O. The van der Waals surface area contributed by atoms with E-state index in [0.29, 0.717) is 21.3 Å². The van der Waals surface area contributed by atoms with Crippen LogP contribution in [0.1, 0.15) is 15.9 Å². The van der Waals surface area contributed by atoms with Gasteiger partial charge in [-0.2, -0.15) is 5.10 Å². The van der Waals surface area contributed by atoms with E-state index >= 15 is 0 Å². The Hall–Kier alpha value is -2.43. The van der Waals surface area contributed by atoms with Crippen molar-refractivity contribution >= 4 is 34.7 Å². The maximum Gasteiger partial charge on any atom is 0.188 e. The van der Waals surface area contributed by atoms with Gasteiger partial charge in [-0.05, 0) is 36.4 Å². The van der Waals surface area contributed by atoms with Gasteiger partial charge in [-0.1, -0.05) is 35.3 Å². The van der Waals surface area contributed by atoms with Gasteiger partial charge in [0.15, 0.2) is 5.78 Å². The predicted octanol–water partition coefficient (Wildman–Crippen LogP) is 4.36. The molecule has 3 aromatic rings. The van der Waals surface area contributed by atoms with Gasteiger partial charge in [-0.3, -0.25) is 4.79 Å². The average molecular weight is 344 g/mol. The number of rotatable bonds is 4. The molecule has 2 aromatic carbocycles. The Bertz CT molecular complexity index is 839. The minimum Gasteiger partial charge on any atom is -0.289 e. The van der Waals surface area contributed by atoms with E-state index in [2.05, 4.69) is 10.1 Å². The summed E-state index contributed by atoms with van der Waals surface area (Å²) in [4.78, 5) is 16.4. The second kappa shape index (κ2) is 6.77. The molecule has 114 valence electrons. The van der Waals surface area contributed by atoms with Crippen LogP contribution in [0.5, 0.6) is 0 Å². The Morgan fingerprint density at radius 1 is 0.913 bits per heavy atom. The molecule has 3 rings (SSSR count). The van der Waals surface area contributed by atoms with Gasteiger partial charge in [0, 0.05) is 27.2 Å². The topological polar surface area (TPSA) is 47.8 Å². The number of hydrogen-bond donors (Lipinski definition) is 0. The summed E-state index contributed by atoms with van der Waals surface area (Å²) in [6, 6.07) is 13.9. The fourth-order valence-electron chi connectivity index (χ4n) is 2.06. The Morgan fingerprint density at radius 2 is 1.48 bits per heavy atom. The fraction of sp³-hybridized carbons (Fsp3) is 0. The summed E-state index contributed by atoms with van der Waals surface area (Å²) in [6.45, 7) is 0. The number of allylic oxidation sites excluding steroid dienone is 1. The zero-order valence-electron chi connectivity index (χ0n) is 11.9. The molecule has 0 radical (unpaired) electrons. The molecule has 0 bridgehead atoms. The van der Waals surface area contributed by atoms with Crippen molar-refractivity contribution in [2.75, 3.05) is 0 Å². The van der Waals surface area contributed by atoms with Gasteiger partial charge in [0.05, 0.1) is 5.70 Å². The van der Waals surface area contributed by atoms with Crippen LogP contribution in [-0.2, 0) is 0 Å². The van der Waals surface area contributed by atoms with Gasteiger partial charge < -0.3 is 0 Å². The van der Waals surface area contributed by atoms with E-state index in [1.807, 2.05) is 12.1 Å². The van der Waals surface area contributed by atoms with Gasteiger partial charge >= 0.3 is 0 Å². The minimum absolute atomic E-state index is 0.151. The van der Waals surface area contributed by atoms with Crippen LogP contribution in [0.4, 0.5) is 0 Å². The highest BCUT2D eigenvalue weighted by Gasteiger charge is 2.10. The molecule has 0 spiro atoms. The number of benzene rings is 2. The Balaban J connectivity index is 2.02. The quantitative estimate of drug-likeness (QED) is 0.522. The van der Waals surface area contributed by atoms with Crippen molar-refractivity contribution in [3.63, 3.8) is 0 Å². The lowest BCUT2D eigenvalue weighted by atomic mass is 10.1. The maximum atomic E-state index is 12.5. The van der Waals surface area contributed by atoms with Crippen molar-refractivity contribution in [3.8, 4) is 0 Å². The SMILES string of the molecule is O=C(/C=C(/c1ccc(Cl)cc1)n1cncn1)c1ccc(Cl)cc1. The average Bonchev–Trinajstić information content (AvgIpc) is 3.08. The van der Waals surface area contributed by atoms with Gasteiger partial charge in [0.2, 0.25) is 0 Å². The van der Waals surface area contributed by atoms with E-state index in [9.17, 15) is 4.79 Å². The van der Waals surface area contributed by atoms with Crippen molar-refractivity contribution in [2.24, 2.45) is 0 Å². The lowest BCUT2D eigenvalue weighted by molar-refractivity contribution is 0.104. The maximum absolute atomic E-state index is 12.5. The lowest BCUT2D eigenvalue weighted by Gasteiger charge is -2.08. The van der Waals surface area contributed by atoms with Crippen molar-refractivity contribution in [3.05, 3.63) is 88.4 Å². The first-order chi connectivity index (χ1) is 11.1. The van der Waals surface area contributed by atoms with E-state index in [4.69, 9.17) is 23.2 Å². The van der Waals surface area contributed by atoms with E-state index in [1.54, 1.807) is 36.4 Å². The third kappa shape index (κ3) is 3.67. The van der Waals surface area contributed by atoms with Crippen LogP contribution in [-0.4, -0.2) is 20.5 Å². The molecular weight excluding hydrogens is 333 g/mol. The molecule has 0 atom stereocenters. The van der Waals surface area contributed by atoms with E-state index < -0.39 is 0 Å². The first-order valence-corrected chi connectivity index (χ1v) is 7.51. The zero-order valence-corrected chi connectivity index (χ0v) is 13.4. The molecule has 0 amide bonds. The molecule has 23 heavy (non-hydrogen) atoms. The summed E-state index contributed by atoms with van der Waals surface area (Å²) < 4.78 is 1.54. The van der Waals surface area contributed by atoms with Crippen molar-refractivity contribution < 1.29 is 4.79 Å². The Kier molecular flexibility index (Phi) is 4.55. The normalized spacial score (nSPS) is 11.5. The third-order valence-electron chi connectivity index (χ3n) is 3.20. The van der Waals surface area contributed by atoms with Crippen LogP contribution in [0, 0.1) is 0 Å². The van der Waals surface area contributed by atoms with Gasteiger partial charge in [-0.15, -0.1) is 0 Å². The number of nitrogens with zero attached hydrogens (tertiary/aromatic N) is 3. The molecule has 0 fully saturated rings. The Labute approximate surface area is 143 Å². The van der Waals surface area contributed by atoms with Crippen LogP contribution in [0.15, 0.2) is 67.3 Å². The smallest absolute Gasteiger partial charge is 0.188 e. The highest BCUT2D eigenvalue weighted by Crippen LogP contribution is 2.20. The summed E-state index contributed by atoms with van der Waals surface area (Å²) in [6.07, 6.45) is 4.47. The fourth-order valence-corrected chi connectivity index (χ4v) is 2.31. The van der Waals surface area contributed by atoms with Crippen molar-refractivity contribution in [1.82, 2.24) is 14.8 Å². The number of ketones is 1. The summed E-state index contributed by atoms with van der Waals surface area (Å²) in [5, 5.41) is 5.31. The number of halogens is 2. The van der Waals surface area contributed by atoms with Crippen LogP contribution < -0.4 is 0 Å². The molecule has 0 aliphatic carbocycles. The van der Waals surface area contributed by atoms with Gasteiger partial charge in [-0.25, -0.2) is 9.67 Å². The van der Waals surface area contributed by atoms with Crippen LogP contribution in [0.25, 0.3) is 5.70 Å². The van der Waals surface area contributed by atoms with Gasteiger partial charge in [0.1, 0.15) is 12.7 Å². The first-order valence-electron chi connectivity index (χ1n) is 6.76. The van der Waals surface area contributed by atoms with Crippen molar-refractivity contribution in [2.45, 2.75) is 0 Å². The highest BCUT2D eigenvalue weighted by molar-refractivity contribution is 6.31. The molecule has 0 saturated heterocycles. The summed E-state index contributed by atoms with van der Waals surface area (Å²) >= 11 is 11.8. The second-order valence-electron chi connectivity index (χ2n) is 4.75. The molecule has 0 unspecified atom stereocenters.